The maximum Gasteiger partial charge on any atom is 0.318 e. The Labute approximate surface area is 113 Å². The summed E-state index contributed by atoms with van der Waals surface area (Å²) in [7, 11) is 0. The van der Waals surface area contributed by atoms with Crippen molar-refractivity contribution >= 4 is 6.03 Å². The van der Waals surface area contributed by atoms with E-state index in [1.54, 1.807) is 0 Å². The Morgan fingerprint density at radius 1 is 1.21 bits per heavy atom. The molecule has 0 aliphatic carbocycles. The fraction of sp³-hybridized carbons (Fsp3) is 0.500. The van der Waals surface area contributed by atoms with Crippen molar-refractivity contribution in [3.8, 4) is 0 Å². The van der Waals surface area contributed by atoms with Gasteiger partial charge in [0.1, 0.15) is 0 Å². The van der Waals surface area contributed by atoms with Gasteiger partial charge < -0.3 is 20.4 Å². The molecule has 5 nitrogen and oxygen atoms in total. The summed E-state index contributed by atoms with van der Waals surface area (Å²) in [6.07, 6.45) is 0.780. The van der Waals surface area contributed by atoms with E-state index in [0.717, 1.165) is 12.0 Å². The molecule has 1 rings (SSSR count). The third-order valence-electron chi connectivity index (χ3n) is 2.93. The predicted octanol–water partition coefficient (Wildman–Crippen LogP) is 1.13. The molecule has 19 heavy (non-hydrogen) atoms. The van der Waals surface area contributed by atoms with Crippen LogP contribution < -0.4 is 5.32 Å². The van der Waals surface area contributed by atoms with Crippen LogP contribution in [0.3, 0.4) is 0 Å². The van der Waals surface area contributed by atoms with Crippen molar-refractivity contribution in [2.24, 2.45) is 0 Å². The predicted molar refractivity (Wildman–Crippen MR) is 73.8 cm³/mol. The lowest BCUT2D eigenvalue weighted by atomic mass is 10.1. The molecular weight excluding hydrogens is 244 g/mol. The van der Waals surface area contributed by atoms with E-state index in [4.69, 9.17) is 10.2 Å². The van der Waals surface area contributed by atoms with Crippen LogP contribution in [-0.4, -0.2) is 47.4 Å². The Kier molecular flexibility index (Phi) is 6.92. The summed E-state index contributed by atoms with van der Waals surface area (Å²) in [4.78, 5) is 13.5. The van der Waals surface area contributed by atoms with Crippen LogP contribution >= 0.6 is 0 Å². The monoisotopic (exact) mass is 266 g/mol. The molecule has 0 heterocycles. The quantitative estimate of drug-likeness (QED) is 0.693. The standard InChI is InChI=1S/C14H22N2O3/c1-2-13(12-6-4-3-5-7-12)15-14(19)16(8-10-17)9-11-18/h3-7,13,17-18H,2,8-11H2,1H3,(H,15,19). The topological polar surface area (TPSA) is 72.8 Å². The van der Waals surface area contributed by atoms with Gasteiger partial charge in [-0.1, -0.05) is 37.3 Å². The minimum Gasteiger partial charge on any atom is -0.395 e. The molecule has 0 spiro atoms. The van der Waals surface area contributed by atoms with Crippen LogP contribution in [-0.2, 0) is 0 Å². The van der Waals surface area contributed by atoms with Crippen molar-refractivity contribution in [1.82, 2.24) is 10.2 Å². The normalized spacial score (nSPS) is 11.9. The number of amides is 2. The average Bonchev–Trinajstić information content (AvgIpc) is 2.45. The molecule has 0 bridgehead atoms. The Morgan fingerprint density at radius 3 is 2.26 bits per heavy atom. The van der Waals surface area contributed by atoms with Gasteiger partial charge in [0.05, 0.1) is 19.3 Å². The molecule has 0 radical (unpaired) electrons. The second kappa shape index (κ2) is 8.50. The summed E-state index contributed by atoms with van der Waals surface area (Å²) < 4.78 is 0. The number of benzene rings is 1. The van der Waals surface area contributed by atoms with Gasteiger partial charge in [-0.3, -0.25) is 0 Å². The molecule has 0 aliphatic heterocycles. The lowest BCUT2D eigenvalue weighted by Crippen LogP contribution is -2.44. The lowest BCUT2D eigenvalue weighted by molar-refractivity contribution is 0.155. The van der Waals surface area contributed by atoms with E-state index in [1.165, 1.54) is 4.90 Å². The van der Waals surface area contributed by atoms with Crippen LogP contribution in [0.1, 0.15) is 24.9 Å². The zero-order valence-electron chi connectivity index (χ0n) is 11.2. The number of carbonyl (C=O) groups is 1. The summed E-state index contributed by atoms with van der Waals surface area (Å²) >= 11 is 0. The summed E-state index contributed by atoms with van der Waals surface area (Å²) in [6.45, 7) is 2.21. The summed E-state index contributed by atoms with van der Waals surface area (Å²) in [5.74, 6) is 0. The Balaban J connectivity index is 2.66. The van der Waals surface area contributed by atoms with Crippen molar-refractivity contribution in [2.45, 2.75) is 19.4 Å². The number of nitrogens with zero attached hydrogens (tertiary/aromatic N) is 1. The van der Waals surface area contributed by atoms with Crippen molar-refractivity contribution in [3.05, 3.63) is 35.9 Å². The van der Waals surface area contributed by atoms with Crippen LogP contribution in [0.25, 0.3) is 0 Å². The number of nitrogens with one attached hydrogen (secondary N) is 1. The van der Waals surface area contributed by atoms with Crippen LogP contribution in [0.5, 0.6) is 0 Å². The fourth-order valence-corrected chi connectivity index (χ4v) is 1.90. The molecular formula is C14H22N2O3. The van der Waals surface area contributed by atoms with Gasteiger partial charge in [-0.2, -0.15) is 0 Å². The number of aliphatic hydroxyl groups is 2. The highest BCUT2D eigenvalue weighted by Gasteiger charge is 2.17. The Hall–Kier alpha value is -1.59. The van der Waals surface area contributed by atoms with Crippen LogP contribution in [0.2, 0.25) is 0 Å². The number of rotatable bonds is 7. The van der Waals surface area contributed by atoms with Crippen LogP contribution in [0, 0.1) is 0 Å². The number of aliphatic hydroxyl groups excluding tert-OH is 2. The SMILES string of the molecule is CCC(NC(=O)N(CCO)CCO)c1ccccc1. The van der Waals surface area contributed by atoms with Gasteiger partial charge >= 0.3 is 6.03 Å². The Morgan fingerprint density at radius 2 is 1.79 bits per heavy atom. The number of hydrogen-bond acceptors (Lipinski definition) is 3. The van der Waals surface area contributed by atoms with E-state index >= 15 is 0 Å². The van der Waals surface area contributed by atoms with E-state index in [9.17, 15) is 4.79 Å². The molecule has 1 aromatic carbocycles. The van der Waals surface area contributed by atoms with E-state index in [1.807, 2.05) is 37.3 Å². The van der Waals surface area contributed by atoms with Crippen molar-refractivity contribution < 1.29 is 15.0 Å². The van der Waals surface area contributed by atoms with Crippen LogP contribution in [0.4, 0.5) is 4.79 Å². The summed E-state index contributed by atoms with van der Waals surface area (Å²) in [5.41, 5.74) is 1.05. The molecule has 2 amide bonds. The highest BCUT2D eigenvalue weighted by atomic mass is 16.3. The minimum absolute atomic E-state index is 0.0615. The molecule has 0 aromatic heterocycles. The van der Waals surface area contributed by atoms with Gasteiger partial charge in [0.2, 0.25) is 0 Å². The van der Waals surface area contributed by atoms with E-state index in [0.29, 0.717) is 0 Å². The van der Waals surface area contributed by atoms with Gasteiger partial charge in [0.25, 0.3) is 0 Å². The van der Waals surface area contributed by atoms with Gasteiger partial charge in [-0.15, -0.1) is 0 Å². The third-order valence-corrected chi connectivity index (χ3v) is 2.93. The van der Waals surface area contributed by atoms with Crippen molar-refractivity contribution in [1.29, 1.82) is 0 Å². The molecule has 106 valence electrons. The van der Waals surface area contributed by atoms with E-state index in [-0.39, 0.29) is 38.4 Å². The molecule has 1 unspecified atom stereocenters. The highest BCUT2D eigenvalue weighted by Crippen LogP contribution is 2.16. The molecule has 5 heteroatoms. The van der Waals surface area contributed by atoms with Gasteiger partial charge in [0, 0.05) is 13.1 Å². The molecule has 0 aliphatic rings. The molecule has 0 saturated heterocycles. The molecule has 1 aromatic rings. The number of urea groups is 1. The first-order valence-electron chi connectivity index (χ1n) is 6.55. The molecule has 0 fully saturated rings. The summed E-state index contributed by atoms with van der Waals surface area (Å²) in [5, 5.41) is 20.8. The minimum atomic E-state index is -0.265. The second-order valence-corrected chi connectivity index (χ2v) is 4.26. The largest absolute Gasteiger partial charge is 0.395 e. The molecule has 1 atom stereocenters. The zero-order valence-corrected chi connectivity index (χ0v) is 11.2. The number of hydrogen-bond donors (Lipinski definition) is 3. The van der Waals surface area contributed by atoms with Crippen molar-refractivity contribution in [3.63, 3.8) is 0 Å². The highest BCUT2D eigenvalue weighted by molar-refractivity contribution is 5.74. The Bertz CT molecular complexity index is 364. The molecule has 0 saturated carbocycles. The van der Waals surface area contributed by atoms with Crippen LogP contribution in [0.15, 0.2) is 30.3 Å². The molecule has 3 N–H and O–H groups in total. The average molecular weight is 266 g/mol. The van der Waals surface area contributed by atoms with Gasteiger partial charge in [-0.05, 0) is 12.0 Å². The fourth-order valence-electron chi connectivity index (χ4n) is 1.90. The lowest BCUT2D eigenvalue weighted by Gasteiger charge is -2.25. The summed E-state index contributed by atoms with van der Waals surface area (Å²) in [6, 6.07) is 9.41. The maximum absolute atomic E-state index is 12.1. The van der Waals surface area contributed by atoms with Gasteiger partial charge in [0.15, 0.2) is 0 Å². The maximum atomic E-state index is 12.1. The van der Waals surface area contributed by atoms with E-state index in [2.05, 4.69) is 5.32 Å². The first kappa shape index (κ1) is 15.5. The first-order valence-corrected chi connectivity index (χ1v) is 6.55. The second-order valence-electron chi connectivity index (χ2n) is 4.26. The van der Waals surface area contributed by atoms with Crippen molar-refractivity contribution in [2.75, 3.05) is 26.3 Å². The van der Waals surface area contributed by atoms with E-state index < -0.39 is 0 Å². The number of carbonyl (C=O) groups excluding carboxylic acids is 1. The zero-order chi connectivity index (χ0) is 14.1. The van der Waals surface area contributed by atoms with Gasteiger partial charge in [-0.25, -0.2) is 4.79 Å². The smallest absolute Gasteiger partial charge is 0.318 e. The third kappa shape index (κ3) is 4.89. The first-order chi connectivity index (χ1) is 9.22.